The van der Waals surface area contributed by atoms with Gasteiger partial charge in [-0.15, -0.1) is 11.8 Å². The summed E-state index contributed by atoms with van der Waals surface area (Å²) in [5.41, 5.74) is 1.12. The molecule has 5 heteroatoms. The fourth-order valence-electron chi connectivity index (χ4n) is 4.47. The number of nitrogens with zero attached hydrogens (tertiary/aromatic N) is 1. The molecule has 0 bridgehead atoms. The van der Waals surface area contributed by atoms with Crippen LogP contribution in [0, 0.1) is 5.92 Å². The Morgan fingerprint density at radius 3 is 2.72 bits per heavy atom. The van der Waals surface area contributed by atoms with Gasteiger partial charge < -0.3 is 9.64 Å². The fourth-order valence-corrected chi connectivity index (χ4v) is 6.10. The number of benzene rings is 1. The molecule has 0 spiro atoms. The first-order valence-electron chi connectivity index (χ1n) is 9.39. The van der Waals surface area contributed by atoms with Gasteiger partial charge in [0.1, 0.15) is 10.9 Å². The maximum Gasteiger partial charge on any atom is 0.329 e. The molecule has 1 saturated carbocycles. The number of hydrogen-bond donors (Lipinski definition) is 0. The number of hydrogen-bond acceptors (Lipinski definition) is 4. The van der Waals surface area contributed by atoms with Crippen molar-refractivity contribution >= 4 is 23.6 Å². The van der Waals surface area contributed by atoms with E-state index in [9.17, 15) is 9.59 Å². The molecule has 1 aliphatic carbocycles. The normalized spacial score (nSPS) is 29.7. The van der Waals surface area contributed by atoms with Gasteiger partial charge in [-0.3, -0.25) is 4.79 Å². The van der Waals surface area contributed by atoms with E-state index in [2.05, 4.69) is 12.1 Å². The average Bonchev–Trinajstić information content (AvgIpc) is 3.21. The minimum Gasteiger partial charge on any atom is -0.464 e. The van der Waals surface area contributed by atoms with Crippen LogP contribution in [0.25, 0.3) is 0 Å². The summed E-state index contributed by atoms with van der Waals surface area (Å²) in [7, 11) is 0. The number of esters is 1. The van der Waals surface area contributed by atoms with Crippen LogP contribution in [0.5, 0.6) is 0 Å². The zero-order valence-corrected chi connectivity index (χ0v) is 15.3. The lowest BCUT2D eigenvalue weighted by molar-refractivity contribution is -0.155. The molecular weight excluding hydrogens is 334 g/mol. The molecule has 0 N–H and O–H groups in total. The van der Waals surface area contributed by atoms with E-state index in [0.717, 1.165) is 24.8 Å². The van der Waals surface area contributed by atoms with Gasteiger partial charge in [-0.1, -0.05) is 49.6 Å². The van der Waals surface area contributed by atoms with Crippen LogP contribution < -0.4 is 0 Å². The summed E-state index contributed by atoms with van der Waals surface area (Å²) in [6.07, 6.45) is 7.37. The van der Waals surface area contributed by atoms with Crippen LogP contribution in [0.2, 0.25) is 0 Å². The van der Waals surface area contributed by atoms with Crippen LogP contribution in [-0.2, 0) is 19.2 Å². The molecule has 3 fully saturated rings. The summed E-state index contributed by atoms with van der Waals surface area (Å²) >= 11 is 1.72. The van der Waals surface area contributed by atoms with Crippen molar-refractivity contribution in [3.8, 4) is 0 Å². The van der Waals surface area contributed by atoms with Crippen molar-refractivity contribution in [2.75, 3.05) is 12.4 Å². The number of rotatable bonds is 4. The molecule has 2 aliphatic heterocycles. The van der Waals surface area contributed by atoms with Gasteiger partial charge in [-0.25, -0.2) is 4.79 Å². The van der Waals surface area contributed by atoms with E-state index in [1.807, 2.05) is 23.1 Å². The van der Waals surface area contributed by atoms with Crippen LogP contribution in [0.4, 0.5) is 0 Å². The second-order valence-corrected chi connectivity index (χ2v) is 8.67. The number of carbonyl (C=O) groups excluding carboxylic acids is 2. The summed E-state index contributed by atoms with van der Waals surface area (Å²) < 4.78 is 5.66. The monoisotopic (exact) mass is 359 g/mol. The first-order valence-corrected chi connectivity index (χ1v) is 10.4. The molecule has 1 aromatic carbocycles. The second kappa shape index (κ2) is 7.02. The predicted octanol–water partition coefficient (Wildman–Crippen LogP) is 3.70. The van der Waals surface area contributed by atoms with Gasteiger partial charge in [0.25, 0.3) is 0 Å². The Morgan fingerprint density at radius 2 is 1.96 bits per heavy atom. The Bertz CT molecular complexity index is 644. The largest absolute Gasteiger partial charge is 0.464 e. The van der Waals surface area contributed by atoms with E-state index in [1.54, 1.807) is 11.8 Å². The van der Waals surface area contributed by atoms with Crippen LogP contribution in [0.15, 0.2) is 30.3 Å². The third-order valence-corrected chi connectivity index (χ3v) is 7.41. The van der Waals surface area contributed by atoms with Crippen molar-refractivity contribution in [2.45, 2.75) is 55.9 Å². The van der Waals surface area contributed by atoms with Crippen molar-refractivity contribution in [3.63, 3.8) is 0 Å². The van der Waals surface area contributed by atoms with Gasteiger partial charge in [0.05, 0.1) is 6.61 Å². The molecule has 1 aromatic rings. The minimum atomic E-state index is -0.441. The van der Waals surface area contributed by atoms with E-state index in [-0.39, 0.29) is 16.7 Å². The highest BCUT2D eigenvalue weighted by Crippen LogP contribution is 2.54. The molecule has 4 rings (SSSR count). The average molecular weight is 359 g/mol. The molecule has 1 amide bonds. The lowest BCUT2D eigenvalue weighted by Crippen LogP contribution is -2.47. The minimum absolute atomic E-state index is 0.0773. The first kappa shape index (κ1) is 17.0. The van der Waals surface area contributed by atoms with Crippen molar-refractivity contribution in [2.24, 2.45) is 5.92 Å². The topological polar surface area (TPSA) is 46.6 Å². The molecule has 0 aromatic heterocycles. The molecule has 2 heterocycles. The molecule has 0 unspecified atom stereocenters. The van der Waals surface area contributed by atoms with E-state index >= 15 is 0 Å². The molecule has 3 aliphatic rings. The highest BCUT2D eigenvalue weighted by Gasteiger charge is 2.57. The second-order valence-electron chi connectivity index (χ2n) is 7.38. The molecule has 25 heavy (non-hydrogen) atoms. The Labute approximate surface area is 153 Å². The summed E-state index contributed by atoms with van der Waals surface area (Å²) in [5, 5.41) is 0. The lowest BCUT2D eigenvalue weighted by atomic mass is 9.90. The van der Waals surface area contributed by atoms with Crippen LogP contribution in [-0.4, -0.2) is 35.2 Å². The summed E-state index contributed by atoms with van der Waals surface area (Å²) in [4.78, 5) is 26.7. The van der Waals surface area contributed by atoms with Crippen molar-refractivity contribution < 1.29 is 14.3 Å². The van der Waals surface area contributed by atoms with E-state index < -0.39 is 6.04 Å². The maximum atomic E-state index is 12.7. The third kappa shape index (κ3) is 3.07. The van der Waals surface area contributed by atoms with Crippen LogP contribution >= 0.6 is 11.8 Å². The molecule has 2 saturated heterocycles. The van der Waals surface area contributed by atoms with Gasteiger partial charge in [-0.2, -0.15) is 0 Å². The summed E-state index contributed by atoms with van der Waals surface area (Å²) in [6.45, 7) is 0.514. The molecular formula is C20H25NO3S. The number of thioether (sulfide) groups is 1. The fraction of sp³-hybridized carbons (Fsp3) is 0.600. The van der Waals surface area contributed by atoms with Gasteiger partial charge in [0, 0.05) is 12.2 Å². The zero-order valence-electron chi connectivity index (χ0n) is 14.5. The maximum absolute atomic E-state index is 12.7. The van der Waals surface area contributed by atoms with Gasteiger partial charge in [0.2, 0.25) is 5.91 Å². The molecule has 0 radical (unpaired) electrons. The van der Waals surface area contributed by atoms with Gasteiger partial charge in [0.15, 0.2) is 0 Å². The van der Waals surface area contributed by atoms with E-state index in [4.69, 9.17) is 4.74 Å². The van der Waals surface area contributed by atoms with E-state index in [1.165, 1.54) is 19.3 Å². The number of ether oxygens (including phenoxy) is 1. The SMILES string of the molecule is O=C(OCC1CCCCC1)[C@H]1CS[C@]2(c3ccccc3)CCC(=O)N12. The number of carbonyl (C=O) groups is 2. The predicted molar refractivity (Wildman–Crippen MR) is 98.0 cm³/mol. The highest BCUT2D eigenvalue weighted by molar-refractivity contribution is 8.00. The van der Waals surface area contributed by atoms with E-state index in [0.29, 0.717) is 24.7 Å². The Morgan fingerprint density at radius 1 is 1.20 bits per heavy atom. The third-order valence-electron chi connectivity index (χ3n) is 5.81. The Hall–Kier alpha value is -1.49. The number of fused-ring (bicyclic) bond motifs is 1. The van der Waals surface area contributed by atoms with Crippen LogP contribution in [0.3, 0.4) is 0 Å². The number of amides is 1. The first-order chi connectivity index (χ1) is 12.2. The van der Waals surface area contributed by atoms with Gasteiger partial charge >= 0.3 is 5.97 Å². The van der Waals surface area contributed by atoms with Crippen molar-refractivity contribution in [3.05, 3.63) is 35.9 Å². The lowest BCUT2D eigenvalue weighted by Gasteiger charge is -2.33. The van der Waals surface area contributed by atoms with Crippen molar-refractivity contribution in [1.82, 2.24) is 4.90 Å². The molecule has 2 atom stereocenters. The summed E-state index contributed by atoms with van der Waals surface area (Å²) in [5.74, 6) is 0.990. The molecule has 4 nitrogen and oxygen atoms in total. The standard InChI is InChI=1S/C20H25NO3S/c22-18-11-12-20(16-9-5-2-6-10-16)21(18)17(14-25-20)19(23)24-13-15-7-3-1-4-8-15/h2,5-6,9-10,15,17H,1,3-4,7-8,11-14H2/t17-,20+/m1/s1. The van der Waals surface area contributed by atoms with Gasteiger partial charge in [-0.05, 0) is 30.7 Å². The van der Waals surface area contributed by atoms with Crippen molar-refractivity contribution in [1.29, 1.82) is 0 Å². The Kier molecular flexibility index (Phi) is 4.76. The summed E-state index contributed by atoms with van der Waals surface area (Å²) in [6, 6.07) is 9.67. The molecule has 134 valence electrons. The zero-order chi connectivity index (χ0) is 17.3. The smallest absolute Gasteiger partial charge is 0.329 e. The Balaban J connectivity index is 1.48. The quantitative estimate of drug-likeness (QED) is 0.769. The van der Waals surface area contributed by atoms with Crippen LogP contribution in [0.1, 0.15) is 50.5 Å². The highest BCUT2D eigenvalue weighted by atomic mass is 32.2.